The third kappa shape index (κ3) is 51.9. The number of hydrogen-bond acceptors (Lipinski definition) is 10. The lowest BCUT2D eigenvalue weighted by Gasteiger charge is -2.40. The third-order valence-electron chi connectivity index (χ3n) is 16.7. The number of carbonyl (C=O) groups is 2. The van der Waals surface area contributed by atoms with E-state index in [0.29, 0.717) is 19.4 Å². The number of ether oxygens (including phenoxy) is 3. The molecule has 1 heterocycles. The molecule has 11 nitrogen and oxygen atoms in total. The van der Waals surface area contributed by atoms with Gasteiger partial charge < -0.3 is 45.1 Å². The van der Waals surface area contributed by atoms with Crippen molar-refractivity contribution in [1.29, 1.82) is 0 Å². The van der Waals surface area contributed by atoms with Crippen molar-refractivity contribution < 1.29 is 49.3 Å². The summed E-state index contributed by atoms with van der Waals surface area (Å²) in [6.45, 7) is 4.24. The molecule has 0 spiro atoms. The first kappa shape index (κ1) is 81.1. The van der Waals surface area contributed by atoms with Crippen molar-refractivity contribution >= 4 is 11.9 Å². The Morgan fingerprint density at radius 2 is 0.814 bits per heavy atom. The summed E-state index contributed by atoms with van der Waals surface area (Å²) < 4.78 is 16.7. The van der Waals surface area contributed by atoms with Crippen molar-refractivity contribution in [3.63, 3.8) is 0 Å². The predicted octanol–water partition coefficient (Wildman–Crippen LogP) is 18.7. The largest absolute Gasteiger partial charge is 0.466 e. The summed E-state index contributed by atoms with van der Waals surface area (Å²) in [5.74, 6) is -0.196. The molecule has 0 aromatic rings. The molecule has 1 aliphatic heterocycles. The molecule has 0 aliphatic carbocycles. The topological polar surface area (TPSA) is 175 Å². The number of hydrogen-bond donors (Lipinski definition) is 6. The van der Waals surface area contributed by atoms with Gasteiger partial charge in [-0.3, -0.25) is 9.59 Å². The summed E-state index contributed by atoms with van der Waals surface area (Å²) in [5, 5.41) is 54.4. The van der Waals surface area contributed by atoms with Crippen molar-refractivity contribution in [2.45, 2.75) is 371 Å². The summed E-state index contributed by atoms with van der Waals surface area (Å²) >= 11 is 0. The van der Waals surface area contributed by atoms with Gasteiger partial charge in [-0.05, 0) is 109 Å². The molecule has 11 heteroatoms. The first-order valence-electron chi connectivity index (χ1n) is 36.2. The van der Waals surface area contributed by atoms with Gasteiger partial charge in [0.15, 0.2) is 6.29 Å². The summed E-state index contributed by atoms with van der Waals surface area (Å²) in [6.07, 6.45) is 76.3. The van der Waals surface area contributed by atoms with Crippen LogP contribution < -0.4 is 5.32 Å². The van der Waals surface area contributed by atoms with E-state index in [1.54, 1.807) is 6.08 Å². The maximum absolute atomic E-state index is 13.0. The Hall–Kier alpha value is -2.90. The molecule has 1 saturated heterocycles. The molecule has 0 aromatic carbocycles. The minimum atomic E-state index is -1.58. The van der Waals surface area contributed by atoms with Crippen LogP contribution in [0.15, 0.2) is 72.9 Å². The van der Waals surface area contributed by atoms with Crippen LogP contribution in [0, 0.1) is 0 Å². The third-order valence-corrected chi connectivity index (χ3v) is 16.7. The minimum absolute atomic E-state index is 0.000813. The monoisotopic (exact) mass is 1210 g/mol. The Kier molecular flexibility index (Phi) is 60.0. The number of unbranched alkanes of at least 4 members (excludes halogenated alkanes) is 39. The van der Waals surface area contributed by atoms with Crippen LogP contribution >= 0.6 is 0 Å². The molecule has 500 valence electrons. The number of amides is 1. The number of rotatable bonds is 63. The molecule has 6 N–H and O–H groups in total. The molecule has 1 aliphatic rings. The summed E-state index contributed by atoms with van der Waals surface area (Å²) in [4.78, 5) is 25.1. The number of aliphatic hydroxyl groups excluding tert-OH is 5. The molecule has 0 saturated carbocycles. The number of allylic oxidation sites excluding steroid dienone is 11. The molecule has 1 amide bonds. The molecule has 7 atom stereocenters. The standard InChI is InChI=1S/C75H135NO10/c1-3-5-7-9-11-13-15-43-47-51-55-59-63-71(80)84-64-60-56-52-48-44-40-38-36-34-32-30-28-26-24-22-20-18-16-17-19-21-23-25-27-29-31-33-35-37-39-42-46-50-54-58-62-70(79)76-67(66-85-75-74(83)73(82)72(81)69(65-77)86-75)68(78)61-57-53-49-45-41-14-12-10-8-6-4-2/h8,10-11,13,18,20,24,26,41,45,57,61,67-69,72-75,77-78,81-83H,3-7,9,12,14-17,19,21-23,25,27-40,42-44,46-56,58-60,62-66H2,1-2H3,(H,76,79)/b10-8+,13-11-,20-18-,26-24-,45-41+,61-57+. The van der Waals surface area contributed by atoms with Gasteiger partial charge in [-0.2, -0.15) is 0 Å². The van der Waals surface area contributed by atoms with Crippen molar-refractivity contribution in [3.8, 4) is 0 Å². The van der Waals surface area contributed by atoms with E-state index in [1.807, 2.05) is 6.08 Å². The second-order valence-corrected chi connectivity index (χ2v) is 24.9. The molecular formula is C75H135NO10. The molecule has 86 heavy (non-hydrogen) atoms. The number of aliphatic hydroxyl groups is 5. The Labute approximate surface area is 528 Å². The summed E-state index contributed by atoms with van der Waals surface area (Å²) in [5.41, 5.74) is 0. The van der Waals surface area contributed by atoms with Gasteiger partial charge in [0.25, 0.3) is 0 Å². The van der Waals surface area contributed by atoms with Crippen LogP contribution in [0.25, 0.3) is 0 Å². The van der Waals surface area contributed by atoms with Crippen molar-refractivity contribution in [2.24, 2.45) is 0 Å². The van der Waals surface area contributed by atoms with Crippen LogP contribution in [0.5, 0.6) is 0 Å². The van der Waals surface area contributed by atoms with E-state index in [4.69, 9.17) is 14.2 Å². The van der Waals surface area contributed by atoms with Crippen LogP contribution in [0.3, 0.4) is 0 Å². The van der Waals surface area contributed by atoms with E-state index in [-0.39, 0.29) is 18.5 Å². The molecule has 1 fully saturated rings. The Bertz CT molecular complexity index is 1660. The average molecular weight is 1210 g/mol. The van der Waals surface area contributed by atoms with Gasteiger partial charge in [-0.15, -0.1) is 0 Å². The smallest absolute Gasteiger partial charge is 0.305 e. The van der Waals surface area contributed by atoms with Gasteiger partial charge in [-0.1, -0.05) is 279 Å². The predicted molar refractivity (Wildman–Crippen MR) is 361 cm³/mol. The molecule has 0 aromatic heterocycles. The lowest BCUT2D eigenvalue weighted by Crippen LogP contribution is -2.60. The fourth-order valence-corrected chi connectivity index (χ4v) is 11.0. The van der Waals surface area contributed by atoms with Gasteiger partial charge in [0.05, 0.1) is 32.0 Å². The number of esters is 1. The number of carbonyl (C=O) groups excluding carboxylic acids is 2. The van der Waals surface area contributed by atoms with Crippen LogP contribution in [0.2, 0.25) is 0 Å². The molecule has 7 unspecified atom stereocenters. The van der Waals surface area contributed by atoms with Crippen LogP contribution in [-0.4, -0.2) is 100 Å². The van der Waals surface area contributed by atoms with Gasteiger partial charge >= 0.3 is 5.97 Å². The Morgan fingerprint density at radius 1 is 0.430 bits per heavy atom. The van der Waals surface area contributed by atoms with Crippen molar-refractivity contribution in [1.82, 2.24) is 5.32 Å². The quantitative estimate of drug-likeness (QED) is 0.0195. The maximum Gasteiger partial charge on any atom is 0.305 e. The molecular weight excluding hydrogens is 1070 g/mol. The lowest BCUT2D eigenvalue weighted by molar-refractivity contribution is -0.302. The van der Waals surface area contributed by atoms with E-state index in [9.17, 15) is 35.1 Å². The molecule has 0 radical (unpaired) electrons. The van der Waals surface area contributed by atoms with Crippen molar-refractivity contribution in [2.75, 3.05) is 19.8 Å². The highest BCUT2D eigenvalue weighted by molar-refractivity contribution is 5.76. The number of nitrogens with one attached hydrogen (secondary N) is 1. The van der Waals surface area contributed by atoms with Gasteiger partial charge in [0.2, 0.25) is 5.91 Å². The summed E-state index contributed by atoms with van der Waals surface area (Å²) in [6, 6.07) is -0.833. The van der Waals surface area contributed by atoms with E-state index in [0.717, 1.165) is 83.5 Å². The zero-order chi connectivity index (χ0) is 62.3. The highest BCUT2D eigenvalue weighted by Crippen LogP contribution is 2.23. The second kappa shape index (κ2) is 63.7. The first-order valence-corrected chi connectivity index (χ1v) is 36.2. The maximum atomic E-state index is 13.0. The van der Waals surface area contributed by atoms with Gasteiger partial charge in [-0.25, -0.2) is 0 Å². The first-order chi connectivity index (χ1) is 42.2. The Morgan fingerprint density at radius 3 is 1.27 bits per heavy atom. The normalized spacial score (nSPS) is 18.3. The summed E-state index contributed by atoms with van der Waals surface area (Å²) in [7, 11) is 0. The highest BCUT2D eigenvalue weighted by Gasteiger charge is 2.44. The highest BCUT2D eigenvalue weighted by atomic mass is 16.7. The van der Waals surface area contributed by atoms with Gasteiger partial charge in [0, 0.05) is 12.8 Å². The van der Waals surface area contributed by atoms with Crippen molar-refractivity contribution in [3.05, 3.63) is 72.9 Å². The van der Waals surface area contributed by atoms with Gasteiger partial charge in [0.1, 0.15) is 24.4 Å². The van der Waals surface area contributed by atoms with Crippen LogP contribution in [-0.2, 0) is 23.8 Å². The van der Waals surface area contributed by atoms with E-state index >= 15 is 0 Å². The van der Waals surface area contributed by atoms with Crippen LogP contribution in [0.4, 0.5) is 0 Å². The fraction of sp³-hybridized carbons (Fsp3) is 0.813. The Balaban J connectivity index is 1.94. The average Bonchev–Trinajstić information content (AvgIpc) is 3.71. The van der Waals surface area contributed by atoms with E-state index in [2.05, 4.69) is 79.9 Å². The van der Waals surface area contributed by atoms with Crippen LogP contribution in [0.1, 0.15) is 328 Å². The minimum Gasteiger partial charge on any atom is -0.466 e. The second-order valence-electron chi connectivity index (χ2n) is 24.9. The SMILES string of the molecule is CCC/C=C/CC/C=C/CC/C=C/C(O)C(COC1OC(CO)C(O)C(O)C1O)NC(=O)CCCCCCCCCCCCCCCCCCC/C=C\C/C=C\CCCCCCCCCCCCCOC(=O)CCCCCCC/C=C\CCCCC. The zero-order valence-electron chi connectivity index (χ0n) is 55.5. The zero-order valence-corrected chi connectivity index (χ0v) is 55.5. The molecule has 0 bridgehead atoms. The van der Waals surface area contributed by atoms with E-state index in [1.165, 1.54) is 218 Å². The fourth-order valence-electron chi connectivity index (χ4n) is 11.0. The molecule has 1 rings (SSSR count). The lowest BCUT2D eigenvalue weighted by atomic mass is 9.99. The van der Waals surface area contributed by atoms with E-state index < -0.39 is 49.5 Å².